The number of amides is 1. The Morgan fingerprint density at radius 2 is 1.95 bits per heavy atom. The van der Waals surface area contributed by atoms with E-state index in [1.165, 1.54) is 23.4 Å². The van der Waals surface area contributed by atoms with Gasteiger partial charge in [-0.3, -0.25) is 14.9 Å². The van der Waals surface area contributed by atoms with Crippen molar-refractivity contribution in [2.24, 2.45) is 0 Å². The minimum absolute atomic E-state index is 0.0817. The first-order valence-corrected chi connectivity index (χ1v) is 5.58. The molecule has 0 aliphatic heterocycles. The molecule has 8 heteroatoms. The molecule has 0 saturated heterocycles. The molecule has 5 nitrogen and oxygen atoms in total. The molecule has 0 unspecified atom stereocenters. The number of nitrogens with zero attached hydrogens (tertiary/aromatic N) is 3. The molecule has 0 atom stereocenters. The van der Waals surface area contributed by atoms with E-state index < -0.39 is 11.9 Å². The van der Waals surface area contributed by atoms with E-state index in [0.29, 0.717) is 5.56 Å². The molecule has 1 amide bonds. The van der Waals surface area contributed by atoms with Gasteiger partial charge < -0.3 is 4.90 Å². The lowest BCUT2D eigenvalue weighted by Gasteiger charge is -2.10. The van der Waals surface area contributed by atoms with Gasteiger partial charge >= 0.3 is 6.18 Å². The van der Waals surface area contributed by atoms with E-state index in [-0.39, 0.29) is 17.2 Å². The minimum atomic E-state index is -4.49. The van der Waals surface area contributed by atoms with E-state index in [1.54, 1.807) is 14.1 Å². The molecule has 0 fully saturated rings. The van der Waals surface area contributed by atoms with Gasteiger partial charge in [-0.2, -0.15) is 18.3 Å². The summed E-state index contributed by atoms with van der Waals surface area (Å²) in [6.45, 7) is 0. The average molecular weight is 284 g/mol. The highest BCUT2D eigenvalue weighted by molar-refractivity contribution is 5.94. The van der Waals surface area contributed by atoms with Gasteiger partial charge in [0.15, 0.2) is 0 Å². The number of pyridine rings is 1. The van der Waals surface area contributed by atoms with Crippen LogP contribution in [0.3, 0.4) is 0 Å². The van der Waals surface area contributed by atoms with E-state index in [9.17, 15) is 18.0 Å². The normalized spacial score (nSPS) is 11.4. The quantitative estimate of drug-likeness (QED) is 0.919. The predicted octanol–water partition coefficient (Wildman–Crippen LogP) is 2.19. The van der Waals surface area contributed by atoms with Crippen molar-refractivity contribution in [2.75, 3.05) is 14.1 Å². The summed E-state index contributed by atoms with van der Waals surface area (Å²) in [6, 6.07) is 2.33. The van der Waals surface area contributed by atoms with Crippen LogP contribution in [0.4, 0.5) is 13.2 Å². The average Bonchev–Trinajstić information content (AvgIpc) is 2.87. The number of rotatable bonds is 2. The molecule has 20 heavy (non-hydrogen) atoms. The maximum absolute atomic E-state index is 12.5. The SMILES string of the molecule is CN(C)C(=O)c1cncc(-c2cc(C(F)(F)F)[nH]n2)c1. The molecule has 2 rings (SSSR count). The van der Waals surface area contributed by atoms with Crippen LogP contribution in [-0.4, -0.2) is 40.1 Å². The molecule has 0 saturated carbocycles. The number of nitrogens with one attached hydrogen (secondary N) is 1. The molecule has 0 spiro atoms. The Labute approximate surface area is 112 Å². The third kappa shape index (κ3) is 2.79. The lowest BCUT2D eigenvalue weighted by Crippen LogP contribution is -2.21. The zero-order chi connectivity index (χ0) is 14.9. The smallest absolute Gasteiger partial charge is 0.345 e. The zero-order valence-corrected chi connectivity index (χ0v) is 10.7. The third-order valence-electron chi connectivity index (χ3n) is 2.57. The largest absolute Gasteiger partial charge is 0.432 e. The van der Waals surface area contributed by atoms with Crippen LogP contribution in [0, 0.1) is 0 Å². The molecule has 0 radical (unpaired) electrons. The number of carbonyl (C=O) groups excluding carboxylic acids is 1. The Morgan fingerprint density at radius 1 is 1.25 bits per heavy atom. The molecular formula is C12H11F3N4O. The molecule has 1 N–H and O–H groups in total. The van der Waals surface area contributed by atoms with Crippen molar-refractivity contribution in [3.05, 3.63) is 35.8 Å². The van der Waals surface area contributed by atoms with E-state index in [2.05, 4.69) is 10.1 Å². The Kier molecular flexibility index (Phi) is 3.47. The van der Waals surface area contributed by atoms with Crippen LogP contribution in [0.1, 0.15) is 16.1 Å². The summed E-state index contributed by atoms with van der Waals surface area (Å²) in [7, 11) is 3.15. The Hall–Kier alpha value is -2.38. The van der Waals surface area contributed by atoms with Gasteiger partial charge in [0.1, 0.15) is 5.69 Å². The van der Waals surface area contributed by atoms with Gasteiger partial charge in [-0.15, -0.1) is 0 Å². The van der Waals surface area contributed by atoms with Gasteiger partial charge in [-0.05, 0) is 12.1 Å². The number of aromatic amines is 1. The van der Waals surface area contributed by atoms with E-state index in [4.69, 9.17) is 0 Å². The van der Waals surface area contributed by atoms with Gasteiger partial charge in [0, 0.05) is 32.1 Å². The predicted molar refractivity (Wildman–Crippen MR) is 64.8 cm³/mol. The van der Waals surface area contributed by atoms with Crippen molar-refractivity contribution < 1.29 is 18.0 Å². The van der Waals surface area contributed by atoms with Gasteiger partial charge in [0.05, 0.1) is 11.3 Å². The third-order valence-corrected chi connectivity index (χ3v) is 2.57. The molecule has 2 heterocycles. The van der Waals surface area contributed by atoms with E-state index in [1.807, 2.05) is 5.10 Å². The highest BCUT2D eigenvalue weighted by Crippen LogP contribution is 2.30. The summed E-state index contributed by atoms with van der Waals surface area (Å²) in [5.41, 5.74) is -0.247. The standard InChI is InChI=1S/C12H11F3N4O/c1-19(2)11(20)8-3-7(5-16-6-8)9-4-10(18-17-9)12(13,14)15/h3-6H,1-2H3,(H,17,18). The molecule has 0 aromatic carbocycles. The summed E-state index contributed by atoms with van der Waals surface area (Å²) in [5, 5.41) is 5.51. The van der Waals surface area contributed by atoms with Crippen LogP contribution in [0.15, 0.2) is 24.5 Å². The lowest BCUT2D eigenvalue weighted by atomic mass is 10.1. The Balaban J connectivity index is 2.37. The molecule has 106 valence electrons. The fourth-order valence-corrected chi connectivity index (χ4v) is 1.57. The second kappa shape index (κ2) is 4.95. The Morgan fingerprint density at radius 3 is 2.50 bits per heavy atom. The van der Waals surface area contributed by atoms with E-state index in [0.717, 1.165) is 6.07 Å². The highest BCUT2D eigenvalue weighted by atomic mass is 19.4. The van der Waals surface area contributed by atoms with Crippen LogP contribution < -0.4 is 0 Å². The van der Waals surface area contributed by atoms with Crippen LogP contribution in [0.5, 0.6) is 0 Å². The highest BCUT2D eigenvalue weighted by Gasteiger charge is 2.33. The number of aromatic nitrogens is 3. The van der Waals surface area contributed by atoms with Crippen LogP contribution in [0.25, 0.3) is 11.3 Å². The topological polar surface area (TPSA) is 61.9 Å². The summed E-state index contributed by atoms with van der Waals surface area (Å²) in [5.74, 6) is -0.286. The maximum atomic E-state index is 12.5. The van der Waals surface area contributed by atoms with Crippen molar-refractivity contribution in [1.29, 1.82) is 0 Å². The van der Waals surface area contributed by atoms with Crippen LogP contribution in [-0.2, 0) is 6.18 Å². The van der Waals surface area contributed by atoms with Crippen LogP contribution >= 0.6 is 0 Å². The summed E-state index contributed by atoms with van der Waals surface area (Å²) in [6.07, 6.45) is -1.79. The number of hydrogen-bond donors (Lipinski definition) is 1. The van der Waals surface area contributed by atoms with Crippen molar-refractivity contribution >= 4 is 5.91 Å². The van der Waals surface area contributed by atoms with Crippen LogP contribution in [0.2, 0.25) is 0 Å². The van der Waals surface area contributed by atoms with E-state index >= 15 is 0 Å². The number of carbonyl (C=O) groups is 1. The molecule has 0 aliphatic rings. The lowest BCUT2D eigenvalue weighted by molar-refractivity contribution is -0.141. The maximum Gasteiger partial charge on any atom is 0.432 e. The molecular weight excluding hydrogens is 273 g/mol. The van der Waals surface area contributed by atoms with Gasteiger partial charge in [0.2, 0.25) is 0 Å². The molecule has 0 aliphatic carbocycles. The minimum Gasteiger partial charge on any atom is -0.345 e. The monoisotopic (exact) mass is 284 g/mol. The summed E-state index contributed by atoms with van der Waals surface area (Å²) in [4.78, 5) is 17.0. The number of H-pyrrole nitrogens is 1. The second-order valence-electron chi connectivity index (χ2n) is 4.33. The fraction of sp³-hybridized carbons (Fsp3) is 0.250. The van der Waals surface area contributed by atoms with Crippen molar-refractivity contribution in [3.8, 4) is 11.3 Å². The van der Waals surface area contributed by atoms with Crippen molar-refractivity contribution in [1.82, 2.24) is 20.1 Å². The first-order chi connectivity index (χ1) is 9.29. The zero-order valence-electron chi connectivity index (χ0n) is 10.7. The fourth-order valence-electron chi connectivity index (χ4n) is 1.57. The van der Waals surface area contributed by atoms with Gasteiger partial charge in [-0.1, -0.05) is 0 Å². The van der Waals surface area contributed by atoms with Gasteiger partial charge in [0.25, 0.3) is 5.91 Å². The number of alkyl halides is 3. The van der Waals surface area contributed by atoms with Crippen molar-refractivity contribution in [2.45, 2.75) is 6.18 Å². The first-order valence-electron chi connectivity index (χ1n) is 5.58. The summed E-state index contributed by atoms with van der Waals surface area (Å²) < 4.78 is 37.4. The molecule has 2 aromatic heterocycles. The Bertz CT molecular complexity index is 634. The number of halogens is 3. The summed E-state index contributed by atoms with van der Waals surface area (Å²) >= 11 is 0. The van der Waals surface area contributed by atoms with Crippen molar-refractivity contribution in [3.63, 3.8) is 0 Å². The van der Waals surface area contributed by atoms with Gasteiger partial charge in [-0.25, -0.2) is 0 Å². The molecule has 2 aromatic rings. The number of hydrogen-bond acceptors (Lipinski definition) is 3. The first kappa shape index (κ1) is 14.0. The second-order valence-corrected chi connectivity index (χ2v) is 4.33. The molecule has 0 bridgehead atoms.